The van der Waals surface area contributed by atoms with Gasteiger partial charge in [0.2, 0.25) is 0 Å². The molecule has 0 bridgehead atoms. The number of hydrogen-bond donors (Lipinski definition) is 1. The minimum Gasteiger partial charge on any atom is -0.414 e. The number of quaternary nitrogens is 1. The summed E-state index contributed by atoms with van der Waals surface area (Å²) in [6, 6.07) is 12.0. The molecule has 0 amide bonds. The average Bonchev–Trinajstić information content (AvgIpc) is 3.17. The normalized spacial score (nSPS) is 14.0. The van der Waals surface area contributed by atoms with Crippen LogP contribution in [0.25, 0.3) is 10.8 Å². The van der Waals surface area contributed by atoms with E-state index >= 15 is 0 Å². The second kappa shape index (κ2) is 6.60. The highest BCUT2D eigenvalue weighted by molar-refractivity contribution is 7.13. The van der Waals surface area contributed by atoms with Crippen molar-refractivity contribution >= 4 is 22.9 Å². The first-order valence-electron chi connectivity index (χ1n) is 7.07. The van der Waals surface area contributed by atoms with E-state index in [1.165, 1.54) is 10.5 Å². The maximum absolute atomic E-state index is 6.04. The van der Waals surface area contributed by atoms with Crippen LogP contribution in [0, 0.1) is 0 Å². The Balaban J connectivity index is 1.72. The highest BCUT2D eigenvalue weighted by Crippen LogP contribution is 2.24. The molecule has 3 aromatic rings. The third kappa shape index (κ3) is 3.38. The molecule has 0 spiro atoms. The van der Waals surface area contributed by atoms with Crippen LogP contribution in [0.4, 0.5) is 0 Å². The molecule has 0 fully saturated rings. The summed E-state index contributed by atoms with van der Waals surface area (Å²) in [6.07, 6.45) is 0. The molecule has 1 aromatic carbocycles. The van der Waals surface area contributed by atoms with Crippen molar-refractivity contribution in [2.75, 3.05) is 7.05 Å². The van der Waals surface area contributed by atoms with Crippen molar-refractivity contribution in [2.45, 2.75) is 19.5 Å². The lowest BCUT2D eigenvalue weighted by atomic mass is 10.2. The van der Waals surface area contributed by atoms with Crippen LogP contribution in [0.1, 0.15) is 24.4 Å². The Labute approximate surface area is 138 Å². The summed E-state index contributed by atoms with van der Waals surface area (Å²) >= 11 is 7.63. The van der Waals surface area contributed by atoms with Crippen LogP contribution in [0.2, 0.25) is 5.02 Å². The van der Waals surface area contributed by atoms with Gasteiger partial charge in [-0.1, -0.05) is 29.8 Å². The Morgan fingerprint density at radius 1 is 1.27 bits per heavy atom. The fourth-order valence-electron chi connectivity index (χ4n) is 2.24. The lowest BCUT2D eigenvalue weighted by molar-refractivity contribution is -0.925. The Bertz CT molecular complexity index is 741. The Morgan fingerprint density at radius 3 is 2.86 bits per heavy atom. The quantitative estimate of drug-likeness (QED) is 0.779. The maximum atomic E-state index is 6.04. The summed E-state index contributed by atoms with van der Waals surface area (Å²) in [5.74, 6) is 1.25. The zero-order chi connectivity index (χ0) is 15.5. The van der Waals surface area contributed by atoms with Crippen molar-refractivity contribution < 1.29 is 9.32 Å². The molecule has 22 heavy (non-hydrogen) atoms. The Morgan fingerprint density at radius 2 is 2.14 bits per heavy atom. The highest BCUT2D eigenvalue weighted by Gasteiger charge is 2.22. The summed E-state index contributed by atoms with van der Waals surface area (Å²) < 4.78 is 5.81. The van der Waals surface area contributed by atoms with Crippen LogP contribution < -0.4 is 4.90 Å². The molecule has 0 aliphatic rings. The van der Waals surface area contributed by atoms with E-state index in [0.717, 1.165) is 16.4 Å². The first-order valence-corrected chi connectivity index (χ1v) is 8.33. The van der Waals surface area contributed by atoms with Gasteiger partial charge >= 0.3 is 0 Å². The monoisotopic (exact) mass is 334 g/mol. The molecular weight excluding hydrogens is 318 g/mol. The van der Waals surface area contributed by atoms with Gasteiger partial charge in [0, 0.05) is 10.6 Å². The maximum Gasteiger partial charge on any atom is 0.274 e. The standard InChI is InChI=1S/C16H16ClN3OS/c1-11(20(2)10-12-5-3-6-13(17)9-12)15-18-19-16(21-15)14-7-4-8-22-14/h3-9,11H,10H2,1-2H3/p+1/t11-/m1/s1. The van der Waals surface area contributed by atoms with E-state index in [1.54, 1.807) is 11.3 Å². The molecular formula is C16H17ClN3OS+. The molecule has 1 N–H and O–H groups in total. The van der Waals surface area contributed by atoms with Gasteiger partial charge in [-0.05, 0) is 30.5 Å². The largest absolute Gasteiger partial charge is 0.414 e. The molecule has 2 aromatic heterocycles. The SMILES string of the molecule is C[C@H](c1nnc(-c2cccs2)o1)[NH+](C)Cc1cccc(Cl)c1. The fraction of sp³-hybridized carbons (Fsp3) is 0.250. The molecule has 3 rings (SSSR count). The third-order valence-electron chi connectivity index (χ3n) is 3.65. The molecule has 0 aliphatic heterocycles. The van der Waals surface area contributed by atoms with Crippen molar-refractivity contribution in [3.05, 3.63) is 58.3 Å². The molecule has 2 heterocycles. The molecule has 2 atom stereocenters. The van der Waals surface area contributed by atoms with E-state index in [4.69, 9.17) is 16.0 Å². The molecule has 1 unspecified atom stereocenters. The number of rotatable bonds is 5. The molecule has 4 nitrogen and oxygen atoms in total. The molecule has 0 saturated carbocycles. The van der Waals surface area contributed by atoms with Gasteiger partial charge in [-0.2, -0.15) is 0 Å². The second-order valence-corrected chi connectivity index (χ2v) is 6.68. The first-order chi connectivity index (χ1) is 10.6. The smallest absolute Gasteiger partial charge is 0.274 e. The van der Waals surface area contributed by atoms with E-state index < -0.39 is 0 Å². The van der Waals surface area contributed by atoms with E-state index in [0.29, 0.717) is 11.8 Å². The topological polar surface area (TPSA) is 43.4 Å². The summed E-state index contributed by atoms with van der Waals surface area (Å²) in [5.41, 5.74) is 1.19. The van der Waals surface area contributed by atoms with Gasteiger partial charge in [0.05, 0.1) is 11.9 Å². The van der Waals surface area contributed by atoms with E-state index in [1.807, 2.05) is 35.7 Å². The lowest BCUT2D eigenvalue weighted by Crippen LogP contribution is -3.07. The third-order valence-corrected chi connectivity index (χ3v) is 4.75. The number of aromatic nitrogens is 2. The Hall–Kier alpha value is -1.69. The first kappa shape index (κ1) is 15.2. The lowest BCUT2D eigenvalue weighted by Gasteiger charge is -2.18. The van der Waals surface area contributed by atoms with E-state index in [-0.39, 0.29) is 6.04 Å². The molecule has 0 aliphatic carbocycles. The van der Waals surface area contributed by atoms with Crippen molar-refractivity contribution in [1.82, 2.24) is 10.2 Å². The van der Waals surface area contributed by atoms with Crippen molar-refractivity contribution in [2.24, 2.45) is 0 Å². The van der Waals surface area contributed by atoms with Crippen LogP contribution in [0.5, 0.6) is 0 Å². The van der Waals surface area contributed by atoms with Crippen molar-refractivity contribution in [1.29, 1.82) is 0 Å². The van der Waals surface area contributed by atoms with Gasteiger partial charge in [-0.15, -0.1) is 21.5 Å². The fourth-order valence-corrected chi connectivity index (χ4v) is 3.10. The summed E-state index contributed by atoms with van der Waals surface area (Å²) in [6.45, 7) is 2.93. The summed E-state index contributed by atoms with van der Waals surface area (Å²) in [5, 5.41) is 11.1. The van der Waals surface area contributed by atoms with Gasteiger partial charge < -0.3 is 9.32 Å². The van der Waals surface area contributed by atoms with Crippen LogP contribution in [-0.4, -0.2) is 17.2 Å². The number of thiophene rings is 1. The van der Waals surface area contributed by atoms with Crippen LogP contribution in [0.15, 0.2) is 46.2 Å². The van der Waals surface area contributed by atoms with Gasteiger partial charge in [-0.3, -0.25) is 0 Å². The molecule has 6 heteroatoms. The summed E-state index contributed by atoms with van der Waals surface area (Å²) in [4.78, 5) is 2.27. The van der Waals surface area contributed by atoms with Crippen molar-refractivity contribution in [3.63, 3.8) is 0 Å². The van der Waals surface area contributed by atoms with Gasteiger partial charge in [-0.25, -0.2) is 0 Å². The minimum atomic E-state index is 0.111. The zero-order valence-corrected chi connectivity index (χ0v) is 14.0. The second-order valence-electron chi connectivity index (χ2n) is 5.30. The van der Waals surface area contributed by atoms with Gasteiger partial charge in [0.1, 0.15) is 6.54 Å². The number of benzene rings is 1. The number of halogens is 1. The van der Waals surface area contributed by atoms with E-state index in [2.05, 4.69) is 30.2 Å². The highest BCUT2D eigenvalue weighted by atomic mass is 35.5. The van der Waals surface area contributed by atoms with Crippen LogP contribution in [-0.2, 0) is 6.54 Å². The van der Waals surface area contributed by atoms with Gasteiger partial charge in [0.25, 0.3) is 11.8 Å². The minimum absolute atomic E-state index is 0.111. The van der Waals surface area contributed by atoms with Crippen LogP contribution in [0.3, 0.4) is 0 Å². The number of hydrogen-bond acceptors (Lipinski definition) is 4. The number of nitrogens with one attached hydrogen (secondary N) is 1. The predicted molar refractivity (Wildman–Crippen MR) is 88.1 cm³/mol. The average molecular weight is 335 g/mol. The molecule has 0 saturated heterocycles. The van der Waals surface area contributed by atoms with Gasteiger partial charge in [0.15, 0.2) is 6.04 Å². The zero-order valence-electron chi connectivity index (χ0n) is 12.4. The summed E-state index contributed by atoms with van der Waals surface area (Å²) in [7, 11) is 2.11. The number of nitrogens with zero attached hydrogens (tertiary/aromatic N) is 2. The Kier molecular flexibility index (Phi) is 4.57. The van der Waals surface area contributed by atoms with E-state index in [9.17, 15) is 0 Å². The molecule has 114 valence electrons. The molecule has 0 radical (unpaired) electrons. The van der Waals surface area contributed by atoms with Crippen LogP contribution >= 0.6 is 22.9 Å². The predicted octanol–water partition coefficient (Wildman–Crippen LogP) is 3.23. The van der Waals surface area contributed by atoms with Crippen molar-refractivity contribution in [3.8, 4) is 10.8 Å².